The summed E-state index contributed by atoms with van der Waals surface area (Å²) in [5.74, 6) is 0.552. The molecule has 2 N–H and O–H groups in total. The van der Waals surface area contributed by atoms with Gasteiger partial charge in [0.25, 0.3) is 0 Å². The smallest absolute Gasteiger partial charge is 0.222 e. The first kappa shape index (κ1) is 13.5. The second-order valence-electron chi connectivity index (χ2n) is 4.47. The Balaban J connectivity index is 2.11. The van der Waals surface area contributed by atoms with Crippen molar-refractivity contribution < 1.29 is 5.11 Å². The average Bonchev–Trinajstić information content (AvgIpc) is 2.48. The molecule has 2 aromatic rings. The van der Waals surface area contributed by atoms with Gasteiger partial charge in [-0.15, -0.1) is 0 Å². The van der Waals surface area contributed by atoms with Crippen molar-refractivity contribution in [2.24, 2.45) is 0 Å². The lowest BCUT2D eigenvalue weighted by atomic mass is 9.99. The van der Waals surface area contributed by atoms with Crippen LogP contribution in [0.4, 0.5) is 5.95 Å². The molecule has 0 aliphatic carbocycles. The molecule has 0 spiro atoms. The van der Waals surface area contributed by atoms with E-state index < -0.39 is 6.10 Å². The molecule has 0 aliphatic heterocycles. The van der Waals surface area contributed by atoms with Gasteiger partial charge in [0.05, 0.1) is 12.1 Å². The van der Waals surface area contributed by atoms with E-state index in [9.17, 15) is 5.11 Å². The summed E-state index contributed by atoms with van der Waals surface area (Å²) < 4.78 is 0. The molecule has 2 unspecified atom stereocenters. The number of aliphatic hydroxyl groups is 1. The van der Waals surface area contributed by atoms with E-state index in [1.165, 1.54) is 0 Å². The van der Waals surface area contributed by atoms with Gasteiger partial charge in [0.2, 0.25) is 5.95 Å². The molecule has 100 valence electrons. The molecule has 4 heteroatoms. The van der Waals surface area contributed by atoms with Crippen LogP contribution in [-0.2, 0) is 0 Å². The lowest BCUT2D eigenvalue weighted by molar-refractivity contribution is 0.149. The summed E-state index contributed by atoms with van der Waals surface area (Å²) in [5, 5.41) is 13.7. The first-order valence-corrected chi connectivity index (χ1v) is 6.58. The van der Waals surface area contributed by atoms with Crippen molar-refractivity contribution in [1.82, 2.24) is 9.97 Å². The zero-order valence-electron chi connectivity index (χ0n) is 11.0. The Kier molecular flexibility index (Phi) is 4.86. The fraction of sp³-hybridized carbons (Fsp3) is 0.333. The van der Waals surface area contributed by atoms with Gasteiger partial charge in [-0.3, -0.25) is 0 Å². The third-order valence-corrected chi connectivity index (χ3v) is 3.00. The third kappa shape index (κ3) is 3.76. The molecule has 19 heavy (non-hydrogen) atoms. The van der Waals surface area contributed by atoms with Gasteiger partial charge in [0.15, 0.2) is 0 Å². The summed E-state index contributed by atoms with van der Waals surface area (Å²) in [7, 11) is 0. The van der Waals surface area contributed by atoms with Crippen molar-refractivity contribution >= 4 is 5.95 Å². The third-order valence-electron chi connectivity index (χ3n) is 3.00. The predicted molar refractivity (Wildman–Crippen MR) is 75.8 cm³/mol. The van der Waals surface area contributed by atoms with E-state index in [1.807, 2.05) is 30.3 Å². The Bertz CT molecular complexity index is 475. The summed E-state index contributed by atoms with van der Waals surface area (Å²) in [4.78, 5) is 8.29. The fourth-order valence-corrected chi connectivity index (χ4v) is 2.04. The number of nitrogens with one attached hydrogen (secondary N) is 1. The minimum Gasteiger partial charge on any atom is -0.386 e. The maximum Gasteiger partial charge on any atom is 0.222 e. The maximum absolute atomic E-state index is 10.5. The number of aromatic nitrogens is 2. The number of aliphatic hydroxyl groups excluding tert-OH is 1. The van der Waals surface area contributed by atoms with Crippen molar-refractivity contribution in [2.75, 3.05) is 5.32 Å². The van der Waals surface area contributed by atoms with E-state index in [0.717, 1.165) is 18.4 Å². The van der Waals surface area contributed by atoms with Gasteiger partial charge in [-0.2, -0.15) is 0 Å². The van der Waals surface area contributed by atoms with E-state index in [2.05, 4.69) is 22.2 Å². The van der Waals surface area contributed by atoms with Crippen molar-refractivity contribution in [2.45, 2.75) is 31.9 Å². The topological polar surface area (TPSA) is 58.0 Å². The van der Waals surface area contributed by atoms with Crippen molar-refractivity contribution in [3.8, 4) is 0 Å². The number of hydrogen-bond acceptors (Lipinski definition) is 4. The highest BCUT2D eigenvalue weighted by molar-refractivity contribution is 5.28. The Morgan fingerprint density at radius 1 is 1.11 bits per heavy atom. The van der Waals surface area contributed by atoms with Crippen LogP contribution in [0, 0.1) is 0 Å². The number of anilines is 1. The summed E-state index contributed by atoms with van der Waals surface area (Å²) in [5.41, 5.74) is 0.907. The zero-order chi connectivity index (χ0) is 13.5. The summed E-state index contributed by atoms with van der Waals surface area (Å²) in [6.45, 7) is 2.10. The van der Waals surface area contributed by atoms with Crippen LogP contribution in [0.1, 0.15) is 31.4 Å². The highest BCUT2D eigenvalue weighted by atomic mass is 16.3. The molecular formula is C15H19N3O. The largest absolute Gasteiger partial charge is 0.386 e. The number of hydrogen-bond donors (Lipinski definition) is 2. The second-order valence-corrected chi connectivity index (χ2v) is 4.47. The zero-order valence-corrected chi connectivity index (χ0v) is 11.0. The molecule has 0 radical (unpaired) electrons. The van der Waals surface area contributed by atoms with Gasteiger partial charge in [-0.05, 0) is 18.1 Å². The molecule has 4 nitrogen and oxygen atoms in total. The summed E-state index contributed by atoms with van der Waals surface area (Å²) >= 11 is 0. The predicted octanol–water partition coefficient (Wildman–Crippen LogP) is 2.79. The van der Waals surface area contributed by atoms with Crippen LogP contribution in [0.2, 0.25) is 0 Å². The Labute approximate surface area is 113 Å². The summed E-state index contributed by atoms with van der Waals surface area (Å²) in [6, 6.07) is 11.4. The first-order chi connectivity index (χ1) is 9.31. The Hall–Kier alpha value is -1.94. The second kappa shape index (κ2) is 6.85. The van der Waals surface area contributed by atoms with Gasteiger partial charge in [0, 0.05) is 12.4 Å². The number of benzene rings is 1. The van der Waals surface area contributed by atoms with Gasteiger partial charge in [0.1, 0.15) is 0 Å². The standard InChI is InChI=1S/C15H19N3O/c1-2-7-13(18-15-16-10-6-11-17-15)14(19)12-8-4-3-5-9-12/h3-6,8-11,13-14,19H,2,7H2,1H3,(H,16,17,18). The average molecular weight is 257 g/mol. The summed E-state index contributed by atoms with van der Waals surface area (Å²) in [6.07, 6.45) is 4.65. The minimum atomic E-state index is -0.565. The Morgan fingerprint density at radius 3 is 2.42 bits per heavy atom. The van der Waals surface area contributed by atoms with Gasteiger partial charge >= 0.3 is 0 Å². The molecule has 0 fully saturated rings. The molecule has 0 amide bonds. The van der Waals surface area contributed by atoms with Crippen LogP contribution in [0.3, 0.4) is 0 Å². The lowest BCUT2D eigenvalue weighted by Crippen LogP contribution is -2.28. The normalized spacial score (nSPS) is 13.8. The number of nitrogens with zero attached hydrogens (tertiary/aromatic N) is 2. The number of rotatable bonds is 6. The molecule has 2 atom stereocenters. The highest BCUT2D eigenvalue weighted by Gasteiger charge is 2.20. The van der Waals surface area contributed by atoms with Crippen LogP contribution < -0.4 is 5.32 Å². The van der Waals surface area contributed by atoms with Gasteiger partial charge in [-0.25, -0.2) is 9.97 Å². The van der Waals surface area contributed by atoms with E-state index in [-0.39, 0.29) is 6.04 Å². The highest BCUT2D eigenvalue weighted by Crippen LogP contribution is 2.21. The Morgan fingerprint density at radius 2 is 1.79 bits per heavy atom. The monoisotopic (exact) mass is 257 g/mol. The van der Waals surface area contributed by atoms with E-state index in [4.69, 9.17) is 0 Å². The van der Waals surface area contributed by atoms with Crippen LogP contribution in [0.25, 0.3) is 0 Å². The minimum absolute atomic E-state index is 0.0881. The first-order valence-electron chi connectivity index (χ1n) is 6.58. The van der Waals surface area contributed by atoms with Crippen molar-refractivity contribution in [3.05, 3.63) is 54.4 Å². The molecule has 0 saturated carbocycles. The SMILES string of the molecule is CCCC(Nc1ncccn1)C(O)c1ccccc1. The molecule has 1 aromatic heterocycles. The van der Waals surface area contributed by atoms with E-state index in [1.54, 1.807) is 18.5 Å². The molecule has 0 saturated heterocycles. The van der Waals surface area contributed by atoms with Crippen molar-refractivity contribution in [1.29, 1.82) is 0 Å². The molecular weight excluding hydrogens is 238 g/mol. The fourth-order valence-electron chi connectivity index (χ4n) is 2.04. The quantitative estimate of drug-likeness (QED) is 0.835. The lowest BCUT2D eigenvalue weighted by Gasteiger charge is -2.24. The molecule has 1 aromatic carbocycles. The van der Waals surface area contributed by atoms with Crippen LogP contribution in [-0.4, -0.2) is 21.1 Å². The van der Waals surface area contributed by atoms with Gasteiger partial charge < -0.3 is 10.4 Å². The molecule has 1 heterocycles. The van der Waals surface area contributed by atoms with Crippen LogP contribution in [0.5, 0.6) is 0 Å². The maximum atomic E-state index is 10.5. The molecule has 2 rings (SSSR count). The van der Waals surface area contributed by atoms with Crippen LogP contribution >= 0.6 is 0 Å². The van der Waals surface area contributed by atoms with Gasteiger partial charge in [-0.1, -0.05) is 43.7 Å². The molecule has 0 bridgehead atoms. The van der Waals surface area contributed by atoms with Crippen LogP contribution in [0.15, 0.2) is 48.8 Å². The van der Waals surface area contributed by atoms with Crippen molar-refractivity contribution in [3.63, 3.8) is 0 Å². The molecule has 0 aliphatic rings. The van der Waals surface area contributed by atoms with E-state index in [0.29, 0.717) is 5.95 Å². The van der Waals surface area contributed by atoms with E-state index >= 15 is 0 Å².